The van der Waals surface area contributed by atoms with Crippen LogP contribution in [0, 0.1) is 0 Å². The van der Waals surface area contributed by atoms with Crippen molar-refractivity contribution in [2.24, 2.45) is 0 Å². The number of esters is 2. The number of carbonyl (C=O) groups is 2. The van der Waals surface area contributed by atoms with E-state index in [9.17, 15) is 14.7 Å². The van der Waals surface area contributed by atoms with Gasteiger partial charge in [-0.15, -0.1) is 0 Å². The minimum absolute atomic E-state index is 0.0710. The molecule has 0 amide bonds. The van der Waals surface area contributed by atoms with Gasteiger partial charge in [0.2, 0.25) is 0 Å². The van der Waals surface area contributed by atoms with Crippen molar-refractivity contribution in [3.8, 4) is 0 Å². The summed E-state index contributed by atoms with van der Waals surface area (Å²) in [5.74, 6) is -0.600. The number of hydrogen-bond acceptors (Lipinski definition) is 5. The first kappa shape index (κ1) is 53.9. The third-order valence-corrected chi connectivity index (χ3v) is 10.6. The summed E-state index contributed by atoms with van der Waals surface area (Å²) in [6.07, 6.45) is 60.5. The zero-order valence-corrected chi connectivity index (χ0v) is 37.1. The van der Waals surface area contributed by atoms with Gasteiger partial charge in [0, 0.05) is 12.8 Å². The monoisotopic (exact) mass is 785 g/mol. The Labute approximate surface area is 348 Å². The van der Waals surface area contributed by atoms with Gasteiger partial charge < -0.3 is 14.6 Å². The van der Waals surface area contributed by atoms with Crippen LogP contribution in [0.2, 0.25) is 0 Å². The van der Waals surface area contributed by atoms with Gasteiger partial charge in [-0.3, -0.25) is 9.59 Å². The molecule has 0 fully saturated rings. The van der Waals surface area contributed by atoms with Gasteiger partial charge in [0.25, 0.3) is 0 Å². The van der Waals surface area contributed by atoms with Crippen LogP contribution < -0.4 is 0 Å². The Morgan fingerprint density at radius 1 is 0.411 bits per heavy atom. The van der Waals surface area contributed by atoms with E-state index in [1.54, 1.807) is 0 Å². The third-order valence-electron chi connectivity index (χ3n) is 10.6. The maximum atomic E-state index is 12.2. The predicted octanol–water partition coefficient (Wildman–Crippen LogP) is 15.7. The number of rotatable bonds is 44. The zero-order chi connectivity index (χ0) is 40.7. The lowest BCUT2D eigenvalue weighted by atomic mass is 10.0. The van der Waals surface area contributed by atoms with E-state index in [1.165, 1.54) is 161 Å². The molecule has 326 valence electrons. The van der Waals surface area contributed by atoms with Crippen molar-refractivity contribution < 1.29 is 24.2 Å². The van der Waals surface area contributed by atoms with Crippen molar-refractivity contribution in [2.45, 2.75) is 251 Å². The number of aliphatic hydroxyl groups is 1. The normalized spacial score (nSPS) is 12.6. The van der Waals surface area contributed by atoms with E-state index in [0.29, 0.717) is 12.8 Å². The Kier molecular flexibility index (Phi) is 45.4. The Balaban J connectivity index is 3.52. The second-order valence-corrected chi connectivity index (χ2v) is 16.2. The summed E-state index contributed by atoms with van der Waals surface area (Å²) >= 11 is 0. The number of hydrogen-bond donors (Lipinski definition) is 1. The number of allylic oxidation sites excluding steroid dienone is 8. The highest BCUT2D eigenvalue weighted by Gasteiger charge is 2.16. The SMILES string of the molecule is CCCCC/C=C\C/C=C\C/C=C\CCCCCCCCC(=O)OC(CO)COC(=O)CCCCCCCCCCCCC/C=C\CCCCCCCCCC. The highest BCUT2D eigenvalue weighted by atomic mass is 16.6. The molecule has 0 radical (unpaired) electrons. The first-order valence-corrected chi connectivity index (χ1v) is 24.2. The average molecular weight is 785 g/mol. The topological polar surface area (TPSA) is 72.8 Å². The second-order valence-electron chi connectivity index (χ2n) is 16.2. The fraction of sp³-hybridized carbons (Fsp3) is 0.804. The van der Waals surface area contributed by atoms with Gasteiger partial charge in [0.1, 0.15) is 6.61 Å². The molecule has 5 nitrogen and oxygen atoms in total. The van der Waals surface area contributed by atoms with Crippen molar-refractivity contribution >= 4 is 11.9 Å². The van der Waals surface area contributed by atoms with Crippen LogP contribution in [-0.2, 0) is 19.1 Å². The smallest absolute Gasteiger partial charge is 0.306 e. The molecule has 0 aliphatic heterocycles. The molecule has 0 aromatic carbocycles. The summed E-state index contributed by atoms with van der Waals surface area (Å²) in [5, 5.41) is 9.61. The van der Waals surface area contributed by atoms with Crippen molar-refractivity contribution in [2.75, 3.05) is 13.2 Å². The Morgan fingerprint density at radius 3 is 1.12 bits per heavy atom. The Morgan fingerprint density at radius 2 is 0.714 bits per heavy atom. The average Bonchev–Trinajstić information content (AvgIpc) is 3.20. The lowest BCUT2D eigenvalue weighted by molar-refractivity contribution is -0.161. The van der Waals surface area contributed by atoms with Crippen LogP contribution in [0.3, 0.4) is 0 Å². The van der Waals surface area contributed by atoms with Gasteiger partial charge in [-0.1, -0.05) is 204 Å². The van der Waals surface area contributed by atoms with E-state index >= 15 is 0 Å². The van der Waals surface area contributed by atoms with E-state index in [0.717, 1.165) is 57.8 Å². The summed E-state index contributed by atoms with van der Waals surface area (Å²) in [7, 11) is 0. The van der Waals surface area contributed by atoms with Crippen LogP contribution in [0.1, 0.15) is 245 Å². The summed E-state index contributed by atoms with van der Waals surface area (Å²) in [6, 6.07) is 0. The molecule has 1 atom stereocenters. The van der Waals surface area contributed by atoms with Crippen molar-refractivity contribution in [1.29, 1.82) is 0 Å². The first-order chi connectivity index (χ1) is 27.6. The van der Waals surface area contributed by atoms with Crippen LogP contribution in [0.5, 0.6) is 0 Å². The lowest BCUT2D eigenvalue weighted by Gasteiger charge is -2.15. The summed E-state index contributed by atoms with van der Waals surface area (Å²) in [4.78, 5) is 24.4. The van der Waals surface area contributed by atoms with Crippen LogP contribution in [0.25, 0.3) is 0 Å². The molecule has 0 spiro atoms. The summed E-state index contributed by atoms with van der Waals surface area (Å²) in [6.45, 7) is 4.12. The number of carbonyl (C=O) groups excluding carboxylic acids is 2. The maximum absolute atomic E-state index is 12.2. The lowest BCUT2D eigenvalue weighted by Crippen LogP contribution is -2.28. The first-order valence-electron chi connectivity index (χ1n) is 24.2. The highest BCUT2D eigenvalue weighted by Crippen LogP contribution is 2.15. The van der Waals surface area contributed by atoms with Gasteiger partial charge in [0.05, 0.1) is 6.61 Å². The minimum atomic E-state index is -0.779. The van der Waals surface area contributed by atoms with Gasteiger partial charge in [0.15, 0.2) is 6.10 Å². The molecule has 0 heterocycles. The molecule has 56 heavy (non-hydrogen) atoms. The molecule has 5 heteroatoms. The van der Waals surface area contributed by atoms with Crippen LogP contribution in [0.15, 0.2) is 48.6 Å². The largest absolute Gasteiger partial charge is 0.462 e. The molecule has 0 saturated heterocycles. The van der Waals surface area contributed by atoms with E-state index in [4.69, 9.17) is 9.47 Å². The predicted molar refractivity (Wildman–Crippen MR) is 242 cm³/mol. The third kappa shape index (κ3) is 44.6. The fourth-order valence-electron chi connectivity index (χ4n) is 6.91. The molecule has 1 N–H and O–H groups in total. The summed E-state index contributed by atoms with van der Waals surface area (Å²) in [5.41, 5.74) is 0. The van der Waals surface area contributed by atoms with Gasteiger partial charge in [-0.05, 0) is 77.0 Å². The van der Waals surface area contributed by atoms with Crippen molar-refractivity contribution in [3.63, 3.8) is 0 Å². The zero-order valence-electron chi connectivity index (χ0n) is 37.1. The van der Waals surface area contributed by atoms with Crippen molar-refractivity contribution in [3.05, 3.63) is 48.6 Å². The fourth-order valence-corrected chi connectivity index (χ4v) is 6.91. The maximum Gasteiger partial charge on any atom is 0.306 e. The van der Waals surface area contributed by atoms with Crippen LogP contribution in [0.4, 0.5) is 0 Å². The quantitative estimate of drug-likeness (QED) is 0.0378. The molecule has 0 aromatic heterocycles. The minimum Gasteiger partial charge on any atom is -0.462 e. The molecule has 0 rings (SSSR count). The van der Waals surface area contributed by atoms with E-state index < -0.39 is 6.10 Å². The van der Waals surface area contributed by atoms with Gasteiger partial charge >= 0.3 is 11.9 Å². The van der Waals surface area contributed by atoms with Crippen molar-refractivity contribution in [1.82, 2.24) is 0 Å². The second kappa shape index (κ2) is 47.2. The molecule has 0 bridgehead atoms. The van der Waals surface area contributed by atoms with Gasteiger partial charge in [-0.2, -0.15) is 0 Å². The van der Waals surface area contributed by atoms with Gasteiger partial charge in [-0.25, -0.2) is 0 Å². The van der Waals surface area contributed by atoms with E-state index in [1.807, 2.05) is 0 Å². The molecule has 0 aliphatic carbocycles. The standard InChI is InChI=1S/C51H92O5/c1-3-5-7-9-11-13-15-17-19-21-23-24-25-26-28-29-31-33-35-37-39-41-43-45-50(53)55-48-49(47-52)56-51(54)46-44-42-40-38-36-34-32-30-27-22-20-18-16-14-12-10-8-6-4-2/h12,14,18,20-21,23,27,30,49,52H,3-11,13,15-17,19,22,24-26,28-29,31-48H2,1-2H3/b14-12-,20-18-,23-21-,30-27-. The highest BCUT2D eigenvalue weighted by molar-refractivity contribution is 5.70. The molecule has 0 aromatic rings. The number of ether oxygens (including phenoxy) is 2. The van der Waals surface area contributed by atoms with Crippen LogP contribution in [-0.4, -0.2) is 36.4 Å². The summed E-state index contributed by atoms with van der Waals surface area (Å²) < 4.78 is 10.7. The number of unbranched alkanes of at least 4 members (excludes halogenated alkanes) is 28. The molecule has 0 aliphatic rings. The molecular formula is C51H92O5. The molecule has 1 unspecified atom stereocenters. The molecule has 0 saturated carbocycles. The van der Waals surface area contributed by atoms with Crippen LogP contribution >= 0.6 is 0 Å². The van der Waals surface area contributed by atoms with E-state index in [2.05, 4.69) is 62.5 Å². The number of aliphatic hydroxyl groups excluding tert-OH is 1. The molecular weight excluding hydrogens is 693 g/mol. The van der Waals surface area contributed by atoms with E-state index in [-0.39, 0.29) is 25.2 Å². The Hall–Kier alpha value is -2.14. The Bertz CT molecular complexity index is 935.